The zero-order chi connectivity index (χ0) is 15.1. The van der Waals surface area contributed by atoms with E-state index < -0.39 is 16.8 Å². The Hall–Kier alpha value is -1.90. The van der Waals surface area contributed by atoms with Gasteiger partial charge in [-0.3, -0.25) is 14.7 Å². The van der Waals surface area contributed by atoms with Crippen molar-refractivity contribution in [2.75, 3.05) is 0 Å². The van der Waals surface area contributed by atoms with Crippen LogP contribution in [0.1, 0.15) is 11.5 Å². The molecule has 0 aliphatic carbocycles. The second-order valence-electron chi connectivity index (χ2n) is 3.93. The van der Waals surface area contributed by atoms with Gasteiger partial charge in [-0.05, 0) is 19.1 Å². The van der Waals surface area contributed by atoms with Crippen molar-refractivity contribution >= 4 is 21.6 Å². The smallest absolute Gasteiger partial charge is 0.297 e. The van der Waals surface area contributed by atoms with Crippen molar-refractivity contribution in [3.63, 3.8) is 0 Å². The van der Waals surface area contributed by atoms with Crippen LogP contribution in [0.5, 0.6) is 0 Å². The summed E-state index contributed by atoms with van der Waals surface area (Å²) < 4.78 is 39.3. The highest BCUT2D eigenvalue weighted by atomic mass is 79.9. The fraction of sp³-hybridized carbons (Fsp3) is 0.182. The van der Waals surface area contributed by atoms with E-state index in [1.54, 1.807) is 0 Å². The zero-order valence-corrected chi connectivity index (χ0v) is 11.6. The fourth-order valence-corrected chi connectivity index (χ4v) is 2.05. The molecule has 106 valence electrons. The Bertz CT molecular complexity index is 682. The van der Waals surface area contributed by atoms with Gasteiger partial charge in [-0.2, -0.15) is 13.2 Å². The Morgan fingerprint density at radius 2 is 2.05 bits per heavy atom. The Kier molecular flexibility index (Phi) is 3.55. The number of halogens is 4. The van der Waals surface area contributed by atoms with E-state index in [9.17, 15) is 23.3 Å². The monoisotopic (exact) mass is 349 g/mol. The first-order chi connectivity index (χ1) is 9.20. The number of rotatable bonds is 2. The van der Waals surface area contributed by atoms with Gasteiger partial charge in [0.15, 0.2) is 5.69 Å². The topological polar surface area (TPSA) is 61.0 Å². The van der Waals surface area contributed by atoms with Gasteiger partial charge in [-0.25, -0.2) is 4.98 Å². The first-order valence-corrected chi connectivity index (χ1v) is 6.07. The summed E-state index contributed by atoms with van der Waals surface area (Å²) >= 11 is 3.08. The van der Waals surface area contributed by atoms with E-state index in [1.165, 1.54) is 25.1 Å². The molecule has 1 heterocycles. The van der Waals surface area contributed by atoms with Crippen molar-refractivity contribution in [3.8, 4) is 5.69 Å². The number of hydrogen-bond acceptors (Lipinski definition) is 3. The van der Waals surface area contributed by atoms with Crippen LogP contribution in [0.3, 0.4) is 0 Å². The second-order valence-corrected chi connectivity index (χ2v) is 4.85. The van der Waals surface area contributed by atoms with Crippen LogP contribution in [-0.2, 0) is 6.18 Å². The third kappa shape index (κ3) is 2.67. The molecule has 2 aromatic rings. The average molecular weight is 350 g/mol. The maximum absolute atomic E-state index is 12.6. The van der Waals surface area contributed by atoms with Crippen LogP contribution in [0.4, 0.5) is 18.9 Å². The largest absolute Gasteiger partial charge is 0.434 e. The molecule has 9 heteroatoms. The standard InChI is InChI=1S/C11H7BrF3N3O2/c1-6-16-10(11(13,14)15)5-17(6)8-3-2-7(12)4-9(8)18(19)20/h2-5H,1H3. The highest BCUT2D eigenvalue weighted by molar-refractivity contribution is 9.10. The fourth-order valence-electron chi connectivity index (χ4n) is 1.70. The molecule has 0 aliphatic rings. The van der Waals surface area contributed by atoms with Crippen LogP contribution < -0.4 is 0 Å². The van der Waals surface area contributed by atoms with Crippen LogP contribution in [0.15, 0.2) is 28.9 Å². The lowest BCUT2D eigenvalue weighted by molar-refractivity contribution is -0.384. The summed E-state index contributed by atoms with van der Waals surface area (Å²) in [6, 6.07) is 4.09. The second kappa shape index (κ2) is 4.89. The van der Waals surface area contributed by atoms with Crippen molar-refractivity contribution in [2.24, 2.45) is 0 Å². The number of aromatic nitrogens is 2. The molecule has 0 saturated heterocycles. The molecule has 0 spiro atoms. The summed E-state index contributed by atoms with van der Waals surface area (Å²) in [6.07, 6.45) is -3.86. The maximum atomic E-state index is 12.6. The Morgan fingerprint density at radius 1 is 1.40 bits per heavy atom. The number of hydrogen-bond donors (Lipinski definition) is 0. The Balaban J connectivity index is 2.63. The van der Waals surface area contributed by atoms with Gasteiger partial charge >= 0.3 is 6.18 Å². The summed E-state index contributed by atoms with van der Waals surface area (Å²) in [4.78, 5) is 13.7. The molecule has 20 heavy (non-hydrogen) atoms. The minimum Gasteiger partial charge on any atom is -0.297 e. The molecule has 0 N–H and O–H groups in total. The molecule has 0 saturated carbocycles. The summed E-state index contributed by atoms with van der Waals surface area (Å²) in [5.41, 5.74) is -1.38. The molecule has 0 bridgehead atoms. The van der Waals surface area contributed by atoms with Gasteiger partial charge in [-0.1, -0.05) is 15.9 Å². The predicted molar refractivity (Wildman–Crippen MR) is 67.7 cm³/mol. The molecule has 2 rings (SSSR count). The summed E-state index contributed by atoms with van der Waals surface area (Å²) in [6.45, 7) is 1.35. The van der Waals surface area contributed by atoms with E-state index >= 15 is 0 Å². The van der Waals surface area contributed by atoms with Crippen LogP contribution in [0.25, 0.3) is 5.69 Å². The van der Waals surface area contributed by atoms with E-state index in [1.807, 2.05) is 0 Å². The van der Waals surface area contributed by atoms with Crippen LogP contribution in [0.2, 0.25) is 0 Å². The first kappa shape index (κ1) is 14.5. The first-order valence-electron chi connectivity index (χ1n) is 5.27. The van der Waals surface area contributed by atoms with E-state index in [4.69, 9.17) is 0 Å². The lowest BCUT2D eigenvalue weighted by Gasteiger charge is -2.06. The lowest BCUT2D eigenvalue weighted by Crippen LogP contribution is -2.05. The summed E-state index contributed by atoms with van der Waals surface area (Å²) in [7, 11) is 0. The van der Waals surface area contributed by atoms with Gasteiger partial charge in [0.2, 0.25) is 0 Å². The van der Waals surface area contributed by atoms with Crippen LogP contribution in [-0.4, -0.2) is 14.5 Å². The third-order valence-electron chi connectivity index (χ3n) is 2.57. The third-order valence-corrected chi connectivity index (χ3v) is 3.06. The van der Waals surface area contributed by atoms with Crippen molar-refractivity contribution < 1.29 is 18.1 Å². The molecule has 1 aromatic heterocycles. The Labute approximate surface area is 119 Å². The number of alkyl halides is 3. The van der Waals surface area contributed by atoms with Gasteiger partial charge in [-0.15, -0.1) is 0 Å². The Morgan fingerprint density at radius 3 is 2.55 bits per heavy atom. The molecule has 0 fully saturated rings. The normalized spacial score (nSPS) is 11.7. The minimum atomic E-state index is -4.60. The number of nitro benzene ring substituents is 1. The molecular weight excluding hydrogens is 343 g/mol. The highest BCUT2D eigenvalue weighted by Gasteiger charge is 2.35. The average Bonchev–Trinajstić information content (AvgIpc) is 2.71. The van der Waals surface area contributed by atoms with Gasteiger partial charge in [0.25, 0.3) is 5.69 Å². The van der Waals surface area contributed by atoms with Crippen molar-refractivity contribution in [3.05, 3.63) is 50.5 Å². The predicted octanol–water partition coefficient (Wildman–Crippen LogP) is 3.87. The van der Waals surface area contributed by atoms with Crippen molar-refractivity contribution in [1.29, 1.82) is 0 Å². The van der Waals surface area contributed by atoms with Gasteiger partial charge in [0, 0.05) is 16.7 Å². The van der Waals surface area contributed by atoms with E-state index in [0.29, 0.717) is 4.47 Å². The van der Waals surface area contributed by atoms with Crippen LogP contribution >= 0.6 is 15.9 Å². The van der Waals surface area contributed by atoms with E-state index in [0.717, 1.165) is 10.8 Å². The SMILES string of the molecule is Cc1nc(C(F)(F)F)cn1-c1ccc(Br)cc1[N+](=O)[O-]. The minimum absolute atomic E-state index is 0.0164. The zero-order valence-electron chi connectivity index (χ0n) is 9.98. The molecular formula is C11H7BrF3N3O2. The number of imidazole rings is 1. The van der Waals surface area contributed by atoms with E-state index in [2.05, 4.69) is 20.9 Å². The molecule has 1 aromatic carbocycles. The van der Waals surface area contributed by atoms with Crippen LogP contribution in [0, 0.1) is 17.0 Å². The van der Waals surface area contributed by atoms with Gasteiger partial charge in [0.1, 0.15) is 11.5 Å². The number of benzene rings is 1. The molecule has 5 nitrogen and oxygen atoms in total. The quantitative estimate of drug-likeness (QED) is 0.610. The van der Waals surface area contributed by atoms with Gasteiger partial charge in [0.05, 0.1) is 4.92 Å². The van der Waals surface area contributed by atoms with E-state index in [-0.39, 0.29) is 17.2 Å². The molecule has 0 unspecified atom stereocenters. The molecule has 0 radical (unpaired) electrons. The molecule has 0 amide bonds. The van der Waals surface area contributed by atoms with Crippen molar-refractivity contribution in [2.45, 2.75) is 13.1 Å². The highest BCUT2D eigenvalue weighted by Crippen LogP contribution is 2.32. The lowest BCUT2D eigenvalue weighted by atomic mass is 10.2. The number of nitro groups is 1. The number of nitrogens with zero attached hydrogens (tertiary/aromatic N) is 3. The van der Waals surface area contributed by atoms with Crippen molar-refractivity contribution in [1.82, 2.24) is 9.55 Å². The number of aryl methyl sites for hydroxylation is 1. The van der Waals surface area contributed by atoms with Gasteiger partial charge < -0.3 is 0 Å². The maximum Gasteiger partial charge on any atom is 0.434 e. The molecule has 0 aliphatic heterocycles. The summed E-state index contributed by atoms with van der Waals surface area (Å²) in [5.74, 6) is 0.0164. The molecule has 0 atom stereocenters. The summed E-state index contributed by atoms with van der Waals surface area (Å²) in [5, 5.41) is 11.0.